The molecule has 0 unspecified atom stereocenters. The van der Waals surface area contributed by atoms with E-state index in [9.17, 15) is 13.5 Å². The molecule has 0 amide bonds. The first kappa shape index (κ1) is 11.8. The molecule has 1 aromatic rings. The zero-order valence-corrected chi connectivity index (χ0v) is 8.70. The maximum Gasteiger partial charge on any atom is 0.274 e. The molecule has 0 bridgehead atoms. The van der Waals surface area contributed by atoms with Crippen LogP contribution in [0.25, 0.3) is 0 Å². The molecule has 0 saturated carbocycles. The van der Waals surface area contributed by atoms with Gasteiger partial charge in [0, 0.05) is 6.54 Å². The lowest BCUT2D eigenvalue weighted by atomic mass is 10.3. The van der Waals surface area contributed by atoms with Gasteiger partial charge in [0.25, 0.3) is 10.2 Å². The Morgan fingerprint density at radius 2 is 2.07 bits per heavy atom. The number of nitrogens with two attached hydrogens (primary N) is 1. The molecule has 0 aliphatic heterocycles. The molecular formula is C8H12N2O4S. The smallest absolute Gasteiger partial charge is 0.274 e. The highest BCUT2D eigenvalue weighted by molar-refractivity contribution is 7.87. The Kier molecular flexibility index (Phi) is 3.89. The summed E-state index contributed by atoms with van der Waals surface area (Å²) in [5, 5.41) is 14.0. The summed E-state index contributed by atoms with van der Waals surface area (Å²) >= 11 is 0. The van der Waals surface area contributed by atoms with E-state index in [0.717, 1.165) is 0 Å². The average molecular weight is 232 g/mol. The third-order valence-corrected chi connectivity index (χ3v) is 2.13. The Labute approximate surface area is 87.9 Å². The van der Waals surface area contributed by atoms with Crippen LogP contribution in [0, 0.1) is 0 Å². The summed E-state index contributed by atoms with van der Waals surface area (Å²) in [6, 6.07) is 6.40. The molecule has 0 saturated heterocycles. The molecule has 7 heteroatoms. The van der Waals surface area contributed by atoms with E-state index in [2.05, 4.69) is 4.72 Å². The van der Waals surface area contributed by atoms with Crippen LogP contribution >= 0.6 is 0 Å². The van der Waals surface area contributed by atoms with Crippen molar-refractivity contribution in [2.45, 2.75) is 0 Å². The van der Waals surface area contributed by atoms with Crippen molar-refractivity contribution < 1.29 is 18.3 Å². The van der Waals surface area contributed by atoms with Gasteiger partial charge in [0.2, 0.25) is 0 Å². The summed E-state index contributed by atoms with van der Waals surface area (Å²) in [4.78, 5) is 0. The molecule has 0 aliphatic rings. The van der Waals surface area contributed by atoms with Crippen molar-refractivity contribution >= 4 is 10.2 Å². The molecule has 0 heterocycles. The van der Waals surface area contributed by atoms with Crippen LogP contribution in [0.2, 0.25) is 0 Å². The van der Waals surface area contributed by atoms with Gasteiger partial charge >= 0.3 is 0 Å². The summed E-state index contributed by atoms with van der Waals surface area (Å²) in [6.07, 6.45) is 0. The number of benzene rings is 1. The highest BCUT2D eigenvalue weighted by Gasteiger charge is 2.02. The van der Waals surface area contributed by atoms with E-state index in [1.165, 1.54) is 6.07 Å². The van der Waals surface area contributed by atoms with Gasteiger partial charge in [0.05, 0.1) is 0 Å². The lowest BCUT2D eigenvalue weighted by molar-refractivity contribution is 0.304. The number of para-hydroxylation sites is 2. The van der Waals surface area contributed by atoms with Crippen LogP contribution in [0.15, 0.2) is 24.3 Å². The van der Waals surface area contributed by atoms with Gasteiger partial charge in [-0.1, -0.05) is 12.1 Å². The summed E-state index contributed by atoms with van der Waals surface area (Å²) < 4.78 is 28.1. The highest BCUT2D eigenvalue weighted by Crippen LogP contribution is 2.23. The van der Waals surface area contributed by atoms with Crippen LogP contribution in [0.1, 0.15) is 0 Å². The Hall–Kier alpha value is -1.31. The minimum Gasteiger partial charge on any atom is -0.504 e. The monoisotopic (exact) mass is 232 g/mol. The van der Waals surface area contributed by atoms with E-state index in [1.807, 2.05) is 0 Å². The van der Waals surface area contributed by atoms with Gasteiger partial charge in [0.1, 0.15) is 6.61 Å². The fraction of sp³-hybridized carbons (Fsp3) is 0.250. The molecule has 4 N–H and O–H groups in total. The lowest BCUT2D eigenvalue weighted by Gasteiger charge is -2.07. The average Bonchev–Trinajstić information content (AvgIpc) is 2.13. The van der Waals surface area contributed by atoms with Gasteiger partial charge in [-0.25, -0.2) is 5.14 Å². The summed E-state index contributed by atoms with van der Waals surface area (Å²) in [6.45, 7) is 0.140. The second-order valence-electron chi connectivity index (χ2n) is 2.76. The normalized spacial score (nSPS) is 11.3. The second kappa shape index (κ2) is 4.96. The minimum atomic E-state index is -3.68. The number of phenols is 1. The number of hydrogen-bond acceptors (Lipinski definition) is 4. The molecule has 1 aromatic carbocycles. The maximum atomic E-state index is 10.5. The van der Waals surface area contributed by atoms with Crippen LogP contribution in [-0.4, -0.2) is 26.7 Å². The molecule has 6 nitrogen and oxygen atoms in total. The molecule has 0 aliphatic carbocycles. The molecule has 0 aromatic heterocycles. The van der Waals surface area contributed by atoms with E-state index in [1.54, 1.807) is 18.2 Å². The first-order valence-corrected chi connectivity index (χ1v) is 5.72. The largest absolute Gasteiger partial charge is 0.504 e. The van der Waals surface area contributed by atoms with Crippen molar-refractivity contribution in [3.8, 4) is 11.5 Å². The highest BCUT2D eigenvalue weighted by atomic mass is 32.2. The Balaban J connectivity index is 2.36. The van der Waals surface area contributed by atoms with Gasteiger partial charge < -0.3 is 9.84 Å². The number of nitrogens with one attached hydrogen (secondary N) is 1. The minimum absolute atomic E-state index is 0.00751. The van der Waals surface area contributed by atoms with Crippen molar-refractivity contribution in [1.82, 2.24) is 4.72 Å². The summed E-state index contributed by atoms with van der Waals surface area (Å²) in [5.41, 5.74) is 0. The number of hydrogen-bond donors (Lipinski definition) is 3. The summed E-state index contributed by atoms with van der Waals surface area (Å²) in [5.74, 6) is 0.307. The molecule has 0 fully saturated rings. The van der Waals surface area contributed by atoms with E-state index in [-0.39, 0.29) is 18.9 Å². The van der Waals surface area contributed by atoms with Crippen LogP contribution in [0.3, 0.4) is 0 Å². The third-order valence-electron chi connectivity index (χ3n) is 1.53. The second-order valence-corrected chi connectivity index (χ2v) is 4.13. The van der Waals surface area contributed by atoms with E-state index in [0.29, 0.717) is 5.75 Å². The van der Waals surface area contributed by atoms with E-state index < -0.39 is 10.2 Å². The molecule has 15 heavy (non-hydrogen) atoms. The predicted octanol–water partition coefficient (Wildman–Crippen LogP) is -0.436. The molecular weight excluding hydrogens is 220 g/mol. The molecule has 0 spiro atoms. The fourth-order valence-electron chi connectivity index (χ4n) is 0.924. The van der Waals surface area contributed by atoms with Crippen molar-refractivity contribution in [1.29, 1.82) is 0 Å². The van der Waals surface area contributed by atoms with Crippen molar-refractivity contribution in [3.63, 3.8) is 0 Å². The SMILES string of the molecule is NS(=O)(=O)NCCOc1ccccc1O. The van der Waals surface area contributed by atoms with Crippen molar-refractivity contribution in [2.75, 3.05) is 13.2 Å². The zero-order valence-electron chi connectivity index (χ0n) is 7.88. The van der Waals surface area contributed by atoms with Gasteiger partial charge in [-0.3, -0.25) is 0 Å². The Morgan fingerprint density at radius 1 is 1.40 bits per heavy atom. The van der Waals surface area contributed by atoms with Crippen LogP contribution in [0.4, 0.5) is 0 Å². The molecule has 0 radical (unpaired) electrons. The predicted molar refractivity (Wildman–Crippen MR) is 54.7 cm³/mol. The fourth-order valence-corrected chi connectivity index (χ4v) is 1.29. The van der Waals surface area contributed by atoms with Crippen LogP contribution in [-0.2, 0) is 10.2 Å². The first-order valence-electron chi connectivity index (χ1n) is 4.17. The zero-order chi connectivity index (χ0) is 11.3. The maximum absolute atomic E-state index is 10.5. The molecule has 0 atom stereocenters. The van der Waals surface area contributed by atoms with Crippen LogP contribution in [0.5, 0.6) is 11.5 Å². The number of aromatic hydroxyl groups is 1. The number of phenolic OH excluding ortho intramolecular Hbond substituents is 1. The standard InChI is InChI=1S/C8H12N2O4S/c9-15(12,13)10-5-6-14-8-4-2-1-3-7(8)11/h1-4,10-11H,5-6H2,(H2,9,12,13). The lowest BCUT2D eigenvalue weighted by Crippen LogP contribution is -2.33. The van der Waals surface area contributed by atoms with Gasteiger partial charge in [0.15, 0.2) is 11.5 Å². The van der Waals surface area contributed by atoms with E-state index >= 15 is 0 Å². The Morgan fingerprint density at radius 3 is 2.67 bits per heavy atom. The van der Waals surface area contributed by atoms with Gasteiger partial charge in [-0.2, -0.15) is 13.1 Å². The van der Waals surface area contributed by atoms with E-state index in [4.69, 9.17) is 9.88 Å². The Bertz CT molecular complexity index is 418. The quantitative estimate of drug-likeness (QED) is 0.599. The number of rotatable bonds is 5. The van der Waals surface area contributed by atoms with Gasteiger partial charge in [-0.05, 0) is 12.1 Å². The first-order chi connectivity index (χ1) is 6.99. The van der Waals surface area contributed by atoms with Crippen LogP contribution < -0.4 is 14.6 Å². The topological polar surface area (TPSA) is 102 Å². The molecule has 84 valence electrons. The molecule has 1 rings (SSSR count). The van der Waals surface area contributed by atoms with Gasteiger partial charge in [-0.15, -0.1) is 0 Å². The van der Waals surface area contributed by atoms with Crippen molar-refractivity contribution in [2.24, 2.45) is 5.14 Å². The number of ether oxygens (including phenoxy) is 1. The summed E-state index contributed by atoms with van der Waals surface area (Å²) in [7, 11) is -3.68. The third kappa shape index (κ3) is 4.63. The van der Waals surface area contributed by atoms with Crippen molar-refractivity contribution in [3.05, 3.63) is 24.3 Å².